The number of carbonyl (C=O) groups is 1. The van der Waals surface area contributed by atoms with Crippen LogP contribution in [-0.2, 0) is 29.5 Å². The van der Waals surface area contributed by atoms with E-state index in [0.29, 0.717) is 19.0 Å². The van der Waals surface area contributed by atoms with Gasteiger partial charge in [-0.25, -0.2) is 21.3 Å². The summed E-state index contributed by atoms with van der Waals surface area (Å²) in [6.07, 6.45) is -3.40. The van der Waals surface area contributed by atoms with Crippen LogP contribution >= 0.6 is 0 Å². The molecule has 2 fully saturated rings. The van der Waals surface area contributed by atoms with E-state index in [0.717, 1.165) is 61.0 Å². The second-order valence-corrected chi connectivity index (χ2v) is 15.4. The number of rotatable bonds is 8. The lowest BCUT2D eigenvalue weighted by Crippen LogP contribution is -2.48. The quantitative estimate of drug-likeness (QED) is 0.419. The second-order valence-electron chi connectivity index (χ2n) is 11.3. The lowest BCUT2D eigenvalue weighted by Gasteiger charge is -2.40. The highest BCUT2D eigenvalue weighted by molar-refractivity contribution is 7.93. The SMILES string of the molecule is CC1CN(CC2CCN(c3c(F)cccc3NS(=O)(=O)c3ccc(S(=O)(=NC(=O)C(F)(F)F)N(C)C)cc3)CC2)CC(C)O1. The molecular formula is C28H37F4N5O5S2. The molecule has 3 unspecified atom stereocenters. The van der Waals surface area contributed by atoms with E-state index in [4.69, 9.17) is 4.74 Å². The fourth-order valence-corrected chi connectivity index (χ4v) is 8.14. The summed E-state index contributed by atoms with van der Waals surface area (Å²) in [4.78, 5) is 15.1. The first-order valence-electron chi connectivity index (χ1n) is 14.1. The van der Waals surface area contributed by atoms with E-state index in [1.807, 2.05) is 4.90 Å². The van der Waals surface area contributed by atoms with Crippen molar-refractivity contribution in [1.29, 1.82) is 0 Å². The molecule has 1 amide bonds. The molecule has 2 aliphatic heterocycles. The Bertz CT molecular complexity index is 1560. The van der Waals surface area contributed by atoms with Crippen LogP contribution in [0.2, 0.25) is 0 Å². The van der Waals surface area contributed by atoms with Gasteiger partial charge in [-0.15, -0.1) is 4.36 Å². The van der Waals surface area contributed by atoms with Crippen LogP contribution in [0.1, 0.15) is 26.7 Å². The number of carbonyl (C=O) groups excluding carboxylic acids is 1. The van der Waals surface area contributed by atoms with Crippen molar-refractivity contribution in [1.82, 2.24) is 9.21 Å². The maximum atomic E-state index is 15.2. The molecule has 16 heteroatoms. The number of hydrogen-bond acceptors (Lipinski definition) is 7. The van der Waals surface area contributed by atoms with Crippen molar-refractivity contribution in [3.05, 3.63) is 48.3 Å². The summed E-state index contributed by atoms with van der Waals surface area (Å²) in [7, 11) is -5.97. The van der Waals surface area contributed by atoms with Crippen molar-refractivity contribution in [2.75, 3.05) is 56.4 Å². The Morgan fingerprint density at radius 2 is 1.57 bits per heavy atom. The summed E-state index contributed by atoms with van der Waals surface area (Å²) < 4.78 is 105. The van der Waals surface area contributed by atoms with Gasteiger partial charge in [0.2, 0.25) is 0 Å². The van der Waals surface area contributed by atoms with Crippen LogP contribution in [0.25, 0.3) is 0 Å². The van der Waals surface area contributed by atoms with Gasteiger partial charge in [0.15, 0.2) is 0 Å². The van der Waals surface area contributed by atoms with Gasteiger partial charge in [-0.3, -0.25) is 14.4 Å². The minimum Gasteiger partial charge on any atom is -0.373 e. The zero-order valence-electron chi connectivity index (χ0n) is 24.9. The van der Waals surface area contributed by atoms with Crippen LogP contribution in [0, 0.1) is 11.7 Å². The third-order valence-electron chi connectivity index (χ3n) is 7.56. The number of nitrogens with zero attached hydrogens (tertiary/aromatic N) is 4. The monoisotopic (exact) mass is 663 g/mol. The Balaban J connectivity index is 1.50. The molecular weight excluding hydrogens is 626 g/mol. The van der Waals surface area contributed by atoms with Crippen molar-refractivity contribution in [3.63, 3.8) is 0 Å². The number of hydrogen-bond donors (Lipinski definition) is 1. The first-order chi connectivity index (χ1) is 20.5. The highest BCUT2D eigenvalue weighted by atomic mass is 32.2. The minimum atomic E-state index is -5.33. The molecule has 0 radical (unpaired) electrons. The molecule has 4 rings (SSSR count). The van der Waals surface area contributed by atoms with Crippen molar-refractivity contribution in [2.24, 2.45) is 10.3 Å². The summed E-state index contributed by atoms with van der Waals surface area (Å²) in [5.74, 6) is -2.70. The number of piperidine rings is 1. The van der Waals surface area contributed by atoms with Crippen LogP contribution in [0.15, 0.2) is 56.6 Å². The smallest absolute Gasteiger partial charge is 0.373 e. The predicted octanol–water partition coefficient (Wildman–Crippen LogP) is 4.34. The number of halogens is 4. The van der Waals surface area contributed by atoms with Gasteiger partial charge in [0.05, 0.1) is 33.4 Å². The molecule has 0 saturated carbocycles. The normalized spacial score (nSPS) is 22.1. The van der Waals surface area contributed by atoms with Gasteiger partial charge in [0, 0.05) is 46.8 Å². The van der Waals surface area contributed by atoms with Crippen molar-refractivity contribution >= 4 is 37.2 Å². The number of benzene rings is 2. The summed E-state index contributed by atoms with van der Waals surface area (Å²) >= 11 is 0. The third kappa shape index (κ3) is 7.88. The zero-order valence-corrected chi connectivity index (χ0v) is 26.5. The summed E-state index contributed by atoms with van der Waals surface area (Å²) in [6, 6.07) is 8.22. The first-order valence-corrected chi connectivity index (χ1v) is 17.0. The zero-order chi connectivity index (χ0) is 32.4. The number of morpholine rings is 1. The second kappa shape index (κ2) is 13.3. The maximum Gasteiger partial charge on any atom is 0.474 e. The van der Waals surface area contributed by atoms with Gasteiger partial charge in [0.25, 0.3) is 10.0 Å². The van der Waals surface area contributed by atoms with Crippen LogP contribution in [0.3, 0.4) is 0 Å². The molecule has 1 N–H and O–H groups in total. The van der Waals surface area contributed by atoms with Gasteiger partial charge in [-0.2, -0.15) is 13.2 Å². The lowest BCUT2D eigenvalue weighted by molar-refractivity contribution is -0.169. The van der Waals surface area contributed by atoms with Gasteiger partial charge < -0.3 is 9.64 Å². The van der Waals surface area contributed by atoms with Gasteiger partial charge >= 0.3 is 12.1 Å². The van der Waals surface area contributed by atoms with E-state index in [1.54, 1.807) is 0 Å². The Hall–Kier alpha value is -2.79. The molecule has 2 aromatic rings. The number of amides is 1. The Morgan fingerprint density at radius 3 is 2.11 bits per heavy atom. The number of anilines is 2. The molecule has 2 aliphatic rings. The topological polar surface area (TPSA) is 112 Å². The molecule has 44 heavy (non-hydrogen) atoms. The average molecular weight is 664 g/mol. The third-order valence-corrected chi connectivity index (χ3v) is 11.2. The first kappa shape index (κ1) is 34.1. The van der Waals surface area contributed by atoms with E-state index >= 15 is 4.39 Å². The molecule has 2 saturated heterocycles. The summed E-state index contributed by atoms with van der Waals surface area (Å²) in [5, 5.41) is 0. The van der Waals surface area contributed by atoms with Crippen molar-refractivity contribution in [3.8, 4) is 0 Å². The number of nitrogens with one attached hydrogen (secondary N) is 1. The standard InChI is InChI=1S/C28H37F4N5O5S2/c1-19-16-36(17-20(2)42-19)18-21-12-14-37(15-13-21)26-24(29)6-5-7-25(26)33-44(40,41)23-10-8-22(9-11-23)43(39,35(3)4)34-27(38)28(30,31)32/h5-11,19-21,33H,12-18H2,1-4H3. The van der Waals surface area contributed by atoms with Gasteiger partial charge in [0.1, 0.15) is 15.7 Å². The van der Waals surface area contributed by atoms with E-state index < -0.39 is 37.8 Å². The van der Waals surface area contributed by atoms with E-state index in [2.05, 4.69) is 27.8 Å². The Labute approximate surface area is 255 Å². The van der Waals surface area contributed by atoms with Crippen molar-refractivity contribution < 1.29 is 39.7 Å². The maximum absolute atomic E-state index is 15.2. The molecule has 2 heterocycles. The fourth-order valence-electron chi connectivity index (χ4n) is 5.57. The fraction of sp³-hybridized carbons (Fsp3) is 0.536. The lowest BCUT2D eigenvalue weighted by atomic mass is 9.95. The molecule has 0 bridgehead atoms. The average Bonchev–Trinajstić information content (AvgIpc) is 2.92. The molecule has 10 nitrogen and oxygen atoms in total. The molecule has 0 aliphatic carbocycles. The van der Waals surface area contributed by atoms with Gasteiger partial charge in [-0.1, -0.05) is 6.07 Å². The summed E-state index contributed by atoms with van der Waals surface area (Å²) in [5.41, 5.74) is 0.158. The molecule has 0 aromatic heterocycles. The minimum absolute atomic E-state index is 0.0335. The Morgan fingerprint density at radius 1 is 1.00 bits per heavy atom. The number of alkyl halides is 3. The molecule has 2 aromatic carbocycles. The van der Waals surface area contributed by atoms with E-state index in [9.17, 15) is 30.6 Å². The van der Waals surface area contributed by atoms with E-state index in [1.165, 1.54) is 32.3 Å². The predicted molar refractivity (Wildman–Crippen MR) is 159 cm³/mol. The van der Waals surface area contributed by atoms with E-state index in [-0.39, 0.29) is 33.4 Å². The number of sulfonamides is 1. The van der Waals surface area contributed by atoms with Crippen molar-refractivity contribution in [2.45, 2.75) is 54.9 Å². The molecule has 3 atom stereocenters. The summed E-state index contributed by atoms with van der Waals surface area (Å²) in [6.45, 7) is 7.80. The largest absolute Gasteiger partial charge is 0.474 e. The van der Waals surface area contributed by atoms with Crippen LogP contribution in [0.5, 0.6) is 0 Å². The van der Waals surface area contributed by atoms with Gasteiger partial charge in [-0.05, 0) is 69.0 Å². The number of para-hydroxylation sites is 1. The highest BCUT2D eigenvalue weighted by Crippen LogP contribution is 2.34. The molecule has 0 spiro atoms. The molecule has 244 valence electrons. The number of ether oxygens (including phenoxy) is 1. The van der Waals surface area contributed by atoms with Crippen LogP contribution in [-0.4, -0.2) is 92.9 Å². The highest BCUT2D eigenvalue weighted by Gasteiger charge is 2.40. The van der Waals surface area contributed by atoms with Crippen LogP contribution < -0.4 is 9.62 Å². The Kier molecular flexibility index (Phi) is 10.3. The van der Waals surface area contributed by atoms with Crippen LogP contribution in [0.4, 0.5) is 28.9 Å².